The molecule has 0 radical (unpaired) electrons. The van der Waals surface area contributed by atoms with Crippen LogP contribution in [-0.2, 0) is 4.79 Å². The predicted molar refractivity (Wildman–Crippen MR) is 94.6 cm³/mol. The molecule has 27 heavy (non-hydrogen) atoms. The molecule has 2 fully saturated rings. The second-order valence-corrected chi connectivity index (χ2v) is 7.44. The highest BCUT2D eigenvalue weighted by Crippen LogP contribution is 2.27. The molecular formula is C20H25F3N2O2. The minimum absolute atomic E-state index is 0.0895. The maximum atomic E-state index is 13.8. The topological polar surface area (TPSA) is 40.6 Å². The molecule has 1 aromatic carbocycles. The molecule has 0 unspecified atom stereocenters. The zero-order chi connectivity index (χ0) is 19.4. The molecule has 1 saturated heterocycles. The van der Waals surface area contributed by atoms with Gasteiger partial charge in [0.1, 0.15) is 0 Å². The molecule has 148 valence electrons. The summed E-state index contributed by atoms with van der Waals surface area (Å²) in [5.74, 6) is -4.38. The Balaban J connectivity index is 1.50. The first-order valence-corrected chi connectivity index (χ1v) is 9.68. The maximum Gasteiger partial charge on any atom is 0.257 e. The van der Waals surface area contributed by atoms with Crippen molar-refractivity contribution in [3.63, 3.8) is 0 Å². The van der Waals surface area contributed by atoms with Crippen molar-refractivity contribution < 1.29 is 22.8 Å². The summed E-state index contributed by atoms with van der Waals surface area (Å²) < 4.78 is 40.2. The molecule has 7 heteroatoms. The molecule has 2 aliphatic rings. The highest BCUT2D eigenvalue weighted by Gasteiger charge is 2.28. The van der Waals surface area contributed by atoms with Crippen molar-refractivity contribution in [1.82, 2.24) is 9.80 Å². The minimum Gasteiger partial charge on any atom is -0.339 e. The summed E-state index contributed by atoms with van der Waals surface area (Å²) in [5.41, 5.74) is -0.481. The van der Waals surface area contributed by atoms with Gasteiger partial charge in [0.15, 0.2) is 17.5 Å². The first-order chi connectivity index (χ1) is 13.0. The lowest BCUT2D eigenvalue weighted by Gasteiger charge is -2.35. The van der Waals surface area contributed by atoms with Gasteiger partial charge in [0.2, 0.25) is 5.91 Å². The van der Waals surface area contributed by atoms with Crippen molar-refractivity contribution in [3.8, 4) is 0 Å². The zero-order valence-corrected chi connectivity index (χ0v) is 15.4. The number of benzene rings is 1. The van der Waals surface area contributed by atoms with Gasteiger partial charge in [-0.05, 0) is 24.5 Å². The van der Waals surface area contributed by atoms with Crippen LogP contribution in [-0.4, -0.2) is 47.8 Å². The van der Waals surface area contributed by atoms with Crippen LogP contribution in [0.3, 0.4) is 0 Å². The molecule has 0 N–H and O–H groups in total. The van der Waals surface area contributed by atoms with Crippen LogP contribution < -0.4 is 0 Å². The van der Waals surface area contributed by atoms with Gasteiger partial charge in [-0.15, -0.1) is 0 Å². The van der Waals surface area contributed by atoms with E-state index in [2.05, 4.69) is 0 Å². The van der Waals surface area contributed by atoms with Crippen molar-refractivity contribution in [1.29, 1.82) is 0 Å². The lowest BCUT2D eigenvalue weighted by molar-refractivity contribution is -0.133. The molecule has 0 spiro atoms. The van der Waals surface area contributed by atoms with Gasteiger partial charge in [0.25, 0.3) is 5.91 Å². The highest BCUT2D eigenvalue weighted by molar-refractivity contribution is 5.94. The van der Waals surface area contributed by atoms with Gasteiger partial charge in [0.05, 0.1) is 5.56 Å². The van der Waals surface area contributed by atoms with Crippen LogP contribution in [0.1, 0.15) is 55.3 Å². The smallest absolute Gasteiger partial charge is 0.257 e. The third-order valence-electron chi connectivity index (χ3n) is 5.68. The van der Waals surface area contributed by atoms with Gasteiger partial charge < -0.3 is 9.80 Å². The average molecular weight is 382 g/mol. The number of nitrogens with zero attached hydrogens (tertiary/aromatic N) is 2. The fourth-order valence-corrected chi connectivity index (χ4v) is 3.98. The second-order valence-electron chi connectivity index (χ2n) is 7.44. The van der Waals surface area contributed by atoms with Crippen LogP contribution in [0.15, 0.2) is 12.1 Å². The SMILES string of the molecule is O=C(CCC1CCCCC1)N1CCN(C(=O)c2ccc(F)c(F)c2F)CC1. The normalized spacial score (nSPS) is 18.6. The number of hydrogen-bond donors (Lipinski definition) is 0. The predicted octanol–water partition coefficient (Wildman–Crippen LogP) is 3.75. The van der Waals surface area contributed by atoms with Crippen LogP contribution in [0, 0.1) is 23.4 Å². The fraction of sp³-hybridized carbons (Fsp3) is 0.600. The van der Waals surface area contributed by atoms with Crippen LogP contribution in [0.4, 0.5) is 13.2 Å². The van der Waals surface area contributed by atoms with Crippen LogP contribution in [0.25, 0.3) is 0 Å². The van der Waals surface area contributed by atoms with Crippen LogP contribution in [0.2, 0.25) is 0 Å². The van der Waals surface area contributed by atoms with Crippen molar-refractivity contribution in [2.75, 3.05) is 26.2 Å². The molecular weight excluding hydrogens is 357 g/mol. The van der Waals surface area contributed by atoms with Crippen LogP contribution in [0.5, 0.6) is 0 Å². The zero-order valence-electron chi connectivity index (χ0n) is 15.4. The Morgan fingerprint density at radius 2 is 1.52 bits per heavy atom. The molecule has 2 amide bonds. The summed E-state index contributed by atoms with van der Waals surface area (Å²) in [5, 5.41) is 0. The minimum atomic E-state index is -1.64. The summed E-state index contributed by atoms with van der Waals surface area (Å²) in [6.07, 6.45) is 7.64. The molecule has 1 aliphatic carbocycles. The molecule has 1 saturated carbocycles. The van der Waals surface area contributed by atoms with E-state index >= 15 is 0 Å². The van der Waals surface area contributed by atoms with E-state index in [1.165, 1.54) is 37.0 Å². The first kappa shape index (κ1) is 19.7. The largest absolute Gasteiger partial charge is 0.339 e. The molecule has 0 atom stereocenters. The van der Waals surface area contributed by atoms with Gasteiger partial charge in [-0.3, -0.25) is 9.59 Å². The monoisotopic (exact) mass is 382 g/mol. The lowest BCUT2D eigenvalue weighted by atomic mass is 9.86. The van der Waals surface area contributed by atoms with Crippen LogP contribution >= 0.6 is 0 Å². The molecule has 1 aliphatic heterocycles. The van der Waals surface area contributed by atoms with E-state index in [0.717, 1.165) is 18.6 Å². The Morgan fingerprint density at radius 1 is 0.889 bits per heavy atom. The van der Waals surface area contributed by atoms with Gasteiger partial charge in [0, 0.05) is 32.6 Å². The Kier molecular flexibility index (Phi) is 6.39. The Morgan fingerprint density at radius 3 is 2.19 bits per heavy atom. The second kappa shape index (κ2) is 8.76. The first-order valence-electron chi connectivity index (χ1n) is 9.68. The summed E-state index contributed by atoms with van der Waals surface area (Å²) in [4.78, 5) is 27.9. The van der Waals surface area contributed by atoms with Crippen molar-refractivity contribution in [3.05, 3.63) is 35.1 Å². The number of halogens is 3. The number of piperazine rings is 1. The van der Waals surface area contributed by atoms with Crippen molar-refractivity contribution >= 4 is 11.8 Å². The van der Waals surface area contributed by atoms with E-state index in [1.54, 1.807) is 4.90 Å². The van der Waals surface area contributed by atoms with E-state index < -0.39 is 28.9 Å². The van der Waals surface area contributed by atoms with Gasteiger partial charge in [-0.2, -0.15) is 0 Å². The number of hydrogen-bond acceptors (Lipinski definition) is 2. The Bertz CT molecular complexity index is 697. The van der Waals surface area contributed by atoms with Gasteiger partial charge >= 0.3 is 0 Å². The van der Waals surface area contributed by atoms with E-state index in [1.807, 2.05) is 0 Å². The number of carbonyl (C=O) groups is 2. The molecule has 0 bridgehead atoms. The van der Waals surface area contributed by atoms with E-state index in [0.29, 0.717) is 25.4 Å². The van der Waals surface area contributed by atoms with Crippen molar-refractivity contribution in [2.24, 2.45) is 5.92 Å². The lowest BCUT2D eigenvalue weighted by Crippen LogP contribution is -2.50. The van der Waals surface area contributed by atoms with Gasteiger partial charge in [-0.1, -0.05) is 32.1 Å². The standard InChI is InChI=1S/C20H25F3N2O2/c21-16-8-7-15(18(22)19(16)23)20(27)25-12-10-24(11-13-25)17(26)9-6-14-4-2-1-3-5-14/h7-8,14H,1-6,9-13H2. The van der Waals surface area contributed by atoms with E-state index in [9.17, 15) is 22.8 Å². The Hall–Kier alpha value is -2.05. The highest BCUT2D eigenvalue weighted by atomic mass is 19.2. The average Bonchev–Trinajstić information content (AvgIpc) is 2.71. The molecule has 1 heterocycles. The number of rotatable bonds is 4. The maximum absolute atomic E-state index is 13.8. The number of carbonyl (C=O) groups excluding carboxylic acids is 2. The van der Waals surface area contributed by atoms with E-state index in [-0.39, 0.29) is 19.0 Å². The third-order valence-corrected chi connectivity index (χ3v) is 5.68. The summed E-state index contributed by atoms with van der Waals surface area (Å²) in [6, 6.07) is 1.70. The summed E-state index contributed by atoms with van der Waals surface area (Å²) in [7, 11) is 0. The summed E-state index contributed by atoms with van der Waals surface area (Å²) >= 11 is 0. The fourth-order valence-electron chi connectivity index (χ4n) is 3.98. The number of amides is 2. The van der Waals surface area contributed by atoms with E-state index in [4.69, 9.17) is 0 Å². The molecule has 1 aromatic rings. The molecule has 3 rings (SSSR count). The molecule has 0 aromatic heterocycles. The third kappa shape index (κ3) is 4.62. The quantitative estimate of drug-likeness (QED) is 0.744. The Labute approximate surface area is 157 Å². The van der Waals surface area contributed by atoms with Crippen molar-refractivity contribution in [2.45, 2.75) is 44.9 Å². The molecule has 4 nitrogen and oxygen atoms in total. The van der Waals surface area contributed by atoms with Gasteiger partial charge in [-0.25, -0.2) is 13.2 Å². The summed E-state index contributed by atoms with van der Waals surface area (Å²) in [6.45, 7) is 1.26.